The fourth-order valence-electron chi connectivity index (χ4n) is 1.98. The molecule has 23 heavy (non-hydrogen) atoms. The summed E-state index contributed by atoms with van der Waals surface area (Å²) in [6, 6.07) is 13.0. The average Bonchev–Trinajstić information content (AvgIpc) is 2.51. The number of carbonyl (C=O) groups excluding carboxylic acids is 1. The second kappa shape index (κ2) is 8.12. The molecule has 0 atom stereocenters. The van der Waals surface area contributed by atoms with Gasteiger partial charge in [0.05, 0.1) is 13.0 Å². The van der Waals surface area contributed by atoms with Crippen molar-refractivity contribution in [2.75, 3.05) is 11.9 Å². The summed E-state index contributed by atoms with van der Waals surface area (Å²) in [5.41, 5.74) is 1.37. The summed E-state index contributed by atoms with van der Waals surface area (Å²) >= 11 is 0. The largest absolute Gasteiger partial charge is 0.494 e. The van der Waals surface area contributed by atoms with Gasteiger partial charge in [0.1, 0.15) is 11.5 Å². The number of nitrogens with one attached hydrogen (secondary N) is 1. The monoisotopic (exact) mass is 321 g/mol. The maximum atomic E-state index is 12.1. The van der Waals surface area contributed by atoms with Crippen LogP contribution in [-0.4, -0.2) is 19.1 Å². The molecular weight excluding hydrogens is 304 g/mol. The highest BCUT2D eigenvalue weighted by Gasteiger charge is 2.07. The number of alkyl halides is 2. The molecule has 0 heterocycles. The number of anilines is 1. The second-order valence-corrected chi connectivity index (χ2v) is 4.70. The van der Waals surface area contributed by atoms with Gasteiger partial charge in [0.2, 0.25) is 5.91 Å². The van der Waals surface area contributed by atoms with E-state index in [0.717, 1.165) is 5.75 Å². The highest BCUT2D eigenvalue weighted by Crippen LogP contribution is 2.17. The molecule has 2 aromatic rings. The third kappa shape index (κ3) is 5.58. The summed E-state index contributed by atoms with van der Waals surface area (Å²) in [5.74, 6) is 0.604. The van der Waals surface area contributed by atoms with Crippen molar-refractivity contribution >= 4 is 11.6 Å². The van der Waals surface area contributed by atoms with Gasteiger partial charge in [-0.15, -0.1) is 0 Å². The van der Waals surface area contributed by atoms with Crippen molar-refractivity contribution in [3.8, 4) is 11.5 Å². The molecule has 1 N–H and O–H groups in total. The minimum atomic E-state index is -2.86. The van der Waals surface area contributed by atoms with Gasteiger partial charge >= 0.3 is 6.61 Å². The number of ether oxygens (including phenoxy) is 2. The Morgan fingerprint density at radius 1 is 1.04 bits per heavy atom. The zero-order chi connectivity index (χ0) is 16.7. The molecule has 0 aliphatic carbocycles. The quantitative estimate of drug-likeness (QED) is 0.842. The Morgan fingerprint density at radius 3 is 2.22 bits per heavy atom. The van der Waals surface area contributed by atoms with E-state index in [1.54, 1.807) is 36.4 Å². The SMILES string of the molecule is CCOc1ccc(NC(=O)Cc2ccc(OC(F)F)cc2)cc1. The maximum Gasteiger partial charge on any atom is 0.387 e. The second-order valence-electron chi connectivity index (χ2n) is 4.70. The van der Waals surface area contributed by atoms with Crippen molar-refractivity contribution < 1.29 is 23.0 Å². The lowest BCUT2D eigenvalue weighted by Gasteiger charge is -2.08. The van der Waals surface area contributed by atoms with Gasteiger partial charge in [-0.1, -0.05) is 12.1 Å². The van der Waals surface area contributed by atoms with Crippen molar-refractivity contribution in [3.05, 3.63) is 54.1 Å². The third-order valence-electron chi connectivity index (χ3n) is 2.96. The molecule has 4 nitrogen and oxygen atoms in total. The van der Waals surface area contributed by atoms with Crippen molar-refractivity contribution in [1.82, 2.24) is 0 Å². The van der Waals surface area contributed by atoms with E-state index in [-0.39, 0.29) is 18.1 Å². The first-order chi connectivity index (χ1) is 11.1. The number of hydrogen-bond acceptors (Lipinski definition) is 3. The summed E-state index contributed by atoms with van der Waals surface area (Å²) < 4.78 is 33.7. The number of halogens is 2. The van der Waals surface area contributed by atoms with E-state index < -0.39 is 6.61 Å². The van der Waals surface area contributed by atoms with Gasteiger partial charge in [0, 0.05) is 5.69 Å². The highest BCUT2D eigenvalue weighted by atomic mass is 19.3. The van der Waals surface area contributed by atoms with Crippen LogP contribution in [0.1, 0.15) is 12.5 Å². The van der Waals surface area contributed by atoms with E-state index in [1.165, 1.54) is 12.1 Å². The van der Waals surface area contributed by atoms with Crippen LogP contribution in [0, 0.1) is 0 Å². The van der Waals surface area contributed by atoms with Crippen molar-refractivity contribution in [2.45, 2.75) is 20.0 Å². The summed E-state index contributed by atoms with van der Waals surface area (Å²) in [4.78, 5) is 12.0. The first-order valence-electron chi connectivity index (χ1n) is 7.13. The van der Waals surface area contributed by atoms with Gasteiger partial charge in [-0.3, -0.25) is 4.79 Å². The lowest BCUT2D eigenvalue weighted by Crippen LogP contribution is -2.14. The van der Waals surface area contributed by atoms with E-state index in [1.807, 2.05) is 6.92 Å². The van der Waals surface area contributed by atoms with E-state index in [9.17, 15) is 13.6 Å². The molecule has 0 saturated heterocycles. The number of hydrogen-bond donors (Lipinski definition) is 1. The fraction of sp³-hybridized carbons (Fsp3) is 0.235. The lowest BCUT2D eigenvalue weighted by atomic mass is 10.1. The Hall–Kier alpha value is -2.63. The molecule has 0 aliphatic heterocycles. The molecule has 0 radical (unpaired) electrons. The molecule has 0 aliphatic rings. The summed E-state index contributed by atoms with van der Waals surface area (Å²) in [5, 5.41) is 2.76. The van der Waals surface area contributed by atoms with E-state index in [2.05, 4.69) is 10.1 Å². The normalized spacial score (nSPS) is 10.4. The Morgan fingerprint density at radius 2 is 1.65 bits per heavy atom. The first-order valence-corrected chi connectivity index (χ1v) is 7.13. The summed E-state index contributed by atoms with van der Waals surface area (Å²) in [6.07, 6.45) is 0.141. The van der Waals surface area contributed by atoms with Crippen LogP contribution in [0.4, 0.5) is 14.5 Å². The minimum absolute atomic E-state index is 0.0654. The van der Waals surface area contributed by atoms with Gasteiger partial charge in [0.25, 0.3) is 0 Å². The van der Waals surface area contributed by atoms with Crippen molar-refractivity contribution in [3.63, 3.8) is 0 Å². The average molecular weight is 321 g/mol. The van der Waals surface area contributed by atoms with Crippen LogP contribution in [0.2, 0.25) is 0 Å². The predicted molar refractivity (Wildman–Crippen MR) is 83.0 cm³/mol. The summed E-state index contributed by atoms with van der Waals surface area (Å²) in [7, 11) is 0. The van der Waals surface area contributed by atoms with Crippen LogP contribution in [0.15, 0.2) is 48.5 Å². The van der Waals surface area contributed by atoms with Crippen molar-refractivity contribution in [1.29, 1.82) is 0 Å². The Balaban J connectivity index is 1.88. The molecule has 0 fully saturated rings. The minimum Gasteiger partial charge on any atom is -0.494 e. The topological polar surface area (TPSA) is 47.6 Å². The molecule has 2 rings (SSSR count). The van der Waals surface area contributed by atoms with Crippen LogP contribution < -0.4 is 14.8 Å². The fourth-order valence-corrected chi connectivity index (χ4v) is 1.98. The summed E-state index contributed by atoms with van der Waals surface area (Å²) in [6.45, 7) is -0.381. The molecule has 122 valence electrons. The zero-order valence-corrected chi connectivity index (χ0v) is 12.6. The molecule has 6 heteroatoms. The lowest BCUT2D eigenvalue weighted by molar-refractivity contribution is -0.115. The highest BCUT2D eigenvalue weighted by molar-refractivity contribution is 5.92. The molecule has 1 amide bonds. The van der Waals surface area contributed by atoms with Crippen LogP contribution in [-0.2, 0) is 11.2 Å². The van der Waals surface area contributed by atoms with Crippen molar-refractivity contribution in [2.24, 2.45) is 0 Å². The molecule has 0 saturated carbocycles. The molecule has 0 bridgehead atoms. The molecule has 0 spiro atoms. The standard InChI is InChI=1S/C17H17F2NO3/c1-2-22-14-9-5-13(6-10-14)20-16(21)11-12-3-7-15(8-4-12)23-17(18)19/h3-10,17H,2,11H2,1H3,(H,20,21). The van der Waals surface area contributed by atoms with Gasteiger partial charge in [-0.05, 0) is 48.9 Å². The maximum absolute atomic E-state index is 12.1. The van der Waals surface area contributed by atoms with Gasteiger partial charge in [0.15, 0.2) is 0 Å². The third-order valence-corrected chi connectivity index (χ3v) is 2.96. The van der Waals surface area contributed by atoms with Crippen LogP contribution >= 0.6 is 0 Å². The zero-order valence-electron chi connectivity index (χ0n) is 12.6. The first kappa shape index (κ1) is 16.7. The number of rotatable bonds is 7. The van der Waals surface area contributed by atoms with Gasteiger partial charge < -0.3 is 14.8 Å². The van der Waals surface area contributed by atoms with Crippen LogP contribution in [0.25, 0.3) is 0 Å². The van der Waals surface area contributed by atoms with E-state index in [0.29, 0.717) is 17.9 Å². The molecule has 2 aromatic carbocycles. The molecular formula is C17H17F2NO3. The number of benzene rings is 2. The Bertz CT molecular complexity index is 627. The van der Waals surface area contributed by atoms with Crippen LogP contribution in [0.5, 0.6) is 11.5 Å². The van der Waals surface area contributed by atoms with Crippen LogP contribution in [0.3, 0.4) is 0 Å². The Labute approximate surface area is 133 Å². The number of amides is 1. The van der Waals surface area contributed by atoms with E-state index in [4.69, 9.17) is 4.74 Å². The van der Waals surface area contributed by atoms with Gasteiger partial charge in [-0.25, -0.2) is 0 Å². The molecule has 0 aromatic heterocycles. The molecule has 0 unspecified atom stereocenters. The van der Waals surface area contributed by atoms with E-state index >= 15 is 0 Å². The Kier molecular flexibility index (Phi) is 5.91. The number of carbonyl (C=O) groups is 1. The predicted octanol–water partition coefficient (Wildman–Crippen LogP) is 3.87. The van der Waals surface area contributed by atoms with Gasteiger partial charge in [-0.2, -0.15) is 8.78 Å². The smallest absolute Gasteiger partial charge is 0.387 e.